The molecule has 0 aliphatic heterocycles. The second-order valence-corrected chi connectivity index (χ2v) is 4.42. The molecule has 0 spiro atoms. The van der Waals surface area contributed by atoms with Crippen LogP contribution < -0.4 is 0 Å². The summed E-state index contributed by atoms with van der Waals surface area (Å²) < 4.78 is 0. The molecular formula is C13H14OS. The minimum Gasteiger partial charge on any atom is -0.294 e. The van der Waals surface area contributed by atoms with Crippen LogP contribution in [0, 0.1) is 12.3 Å². The van der Waals surface area contributed by atoms with Gasteiger partial charge in [-0.1, -0.05) is 19.1 Å². The summed E-state index contributed by atoms with van der Waals surface area (Å²) in [6.45, 7) is 2.11. The Labute approximate surface area is 95.3 Å². The molecule has 0 unspecified atom stereocenters. The molecule has 0 aliphatic rings. The van der Waals surface area contributed by atoms with E-state index in [0.717, 1.165) is 11.3 Å². The summed E-state index contributed by atoms with van der Waals surface area (Å²) >= 11 is 1.77. The zero-order valence-electron chi connectivity index (χ0n) is 8.82. The Bertz CT molecular complexity index is 359. The van der Waals surface area contributed by atoms with Crippen LogP contribution in [-0.2, 0) is 0 Å². The molecule has 0 saturated carbocycles. The molecule has 0 radical (unpaired) electrons. The molecule has 0 aliphatic carbocycles. The van der Waals surface area contributed by atoms with Crippen LogP contribution in [0.4, 0.5) is 0 Å². The topological polar surface area (TPSA) is 17.1 Å². The predicted molar refractivity (Wildman–Crippen MR) is 65.2 cm³/mol. The van der Waals surface area contributed by atoms with E-state index in [1.54, 1.807) is 11.8 Å². The third-order valence-electron chi connectivity index (χ3n) is 1.98. The van der Waals surface area contributed by atoms with Crippen LogP contribution >= 0.6 is 11.8 Å². The van der Waals surface area contributed by atoms with E-state index in [9.17, 15) is 4.79 Å². The minimum absolute atomic E-state index is 0.126. The summed E-state index contributed by atoms with van der Waals surface area (Å²) in [6.07, 6.45) is 6.07. The smallest absolute Gasteiger partial charge is 0.163 e. The largest absolute Gasteiger partial charge is 0.294 e. The van der Waals surface area contributed by atoms with Crippen molar-refractivity contribution < 1.29 is 4.79 Å². The number of benzene rings is 1. The van der Waals surface area contributed by atoms with E-state index >= 15 is 0 Å². The number of ketones is 1. The molecule has 0 bridgehead atoms. The molecule has 0 heterocycles. The number of terminal acetylenes is 1. The first-order valence-corrected chi connectivity index (χ1v) is 5.96. The Morgan fingerprint density at radius 1 is 1.40 bits per heavy atom. The first-order valence-electron chi connectivity index (χ1n) is 4.97. The summed E-state index contributed by atoms with van der Waals surface area (Å²) in [5.74, 6) is 3.65. The first kappa shape index (κ1) is 11.9. The standard InChI is InChI=1S/C13H14OS/c1-3-5-6-13(14)11-7-9-12(10-8-11)15-4-2/h1,7-10H,4-6H2,2H3. The second kappa shape index (κ2) is 6.31. The summed E-state index contributed by atoms with van der Waals surface area (Å²) in [5.41, 5.74) is 0.755. The zero-order chi connectivity index (χ0) is 11.1. The van der Waals surface area contributed by atoms with Gasteiger partial charge in [-0.2, -0.15) is 0 Å². The van der Waals surface area contributed by atoms with Crippen LogP contribution in [0.1, 0.15) is 30.1 Å². The van der Waals surface area contributed by atoms with Crippen LogP contribution in [0.2, 0.25) is 0 Å². The monoisotopic (exact) mass is 218 g/mol. The van der Waals surface area contributed by atoms with Crippen molar-refractivity contribution in [2.75, 3.05) is 5.75 Å². The van der Waals surface area contributed by atoms with E-state index in [4.69, 9.17) is 6.42 Å². The number of hydrogen-bond acceptors (Lipinski definition) is 2. The van der Waals surface area contributed by atoms with Crippen LogP contribution in [0.15, 0.2) is 29.2 Å². The second-order valence-electron chi connectivity index (χ2n) is 3.08. The number of thioether (sulfide) groups is 1. The lowest BCUT2D eigenvalue weighted by molar-refractivity contribution is 0.0984. The van der Waals surface area contributed by atoms with Gasteiger partial charge in [0.25, 0.3) is 0 Å². The van der Waals surface area contributed by atoms with Crippen LogP contribution in [0.3, 0.4) is 0 Å². The van der Waals surface area contributed by atoms with Gasteiger partial charge in [-0.15, -0.1) is 24.1 Å². The van der Waals surface area contributed by atoms with Gasteiger partial charge in [0.05, 0.1) is 0 Å². The van der Waals surface area contributed by atoms with Gasteiger partial charge in [-0.3, -0.25) is 4.79 Å². The quantitative estimate of drug-likeness (QED) is 0.428. The molecule has 0 aromatic heterocycles. The molecule has 0 saturated heterocycles. The van der Waals surface area contributed by atoms with Crippen molar-refractivity contribution in [3.63, 3.8) is 0 Å². The van der Waals surface area contributed by atoms with E-state index in [1.165, 1.54) is 4.90 Å². The van der Waals surface area contributed by atoms with Crippen molar-refractivity contribution in [1.82, 2.24) is 0 Å². The number of rotatable bonds is 5. The molecule has 0 N–H and O–H groups in total. The van der Waals surface area contributed by atoms with Gasteiger partial charge in [0.15, 0.2) is 5.78 Å². The molecule has 1 aromatic carbocycles. The SMILES string of the molecule is C#CCCC(=O)c1ccc(SCC)cc1. The van der Waals surface area contributed by atoms with E-state index in [1.807, 2.05) is 24.3 Å². The molecule has 0 fully saturated rings. The Morgan fingerprint density at radius 2 is 2.07 bits per heavy atom. The van der Waals surface area contributed by atoms with E-state index in [0.29, 0.717) is 12.8 Å². The number of carbonyl (C=O) groups excluding carboxylic acids is 1. The van der Waals surface area contributed by atoms with Gasteiger partial charge >= 0.3 is 0 Å². The van der Waals surface area contributed by atoms with Gasteiger partial charge in [0.1, 0.15) is 0 Å². The highest BCUT2D eigenvalue weighted by molar-refractivity contribution is 7.99. The Balaban J connectivity index is 2.63. The number of Topliss-reactive ketones (excluding diaryl/α,β-unsaturated/α-hetero) is 1. The average Bonchev–Trinajstić information content (AvgIpc) is 2.27. The Morgan fingerprint density at radius 3 is 2.60 bits per heavy atom. The van der Waals surface area contributed by atoms with E-state index in [-0.39, 0.29) is 5.78 Å². The highest BCUT2D eigenvalue weighted by Gasteiger charge is 2.04. The summed E-state index contributed by atoms with van der Waals surface area (Å²) in [5, 5.41) is 0. The molecule has 1 nitrogen and oxygen atoms in total. The van der Waals surface area contributed by atoms with Crippen LogP contribution in [0.5, 0.6) is 0 Å². The molecular weight excluding hydrogens is 204 g/mol. The Hall–Kier alpha value is -1.20. The highest BCUT2D eigenvalue weighted by Crippen LogP contribution is 2.18. The lowest BCUT2D eigenvalue weighted by Gasteiger charge is -2.01. The maximum absolute atomic E-state index is 11.6. The van der Waals surface area contributed by atoms with Gasteiger partial charge in [-0.05, 0) is 17.9 Å². The van der Waals surface area contributed by atoms with Crippen molar-refractivity contribution >= 4 is 17.5 Å². The maximum Gasteiger partial charge on any atom is 0.163 e. The molecule has 15 heavy (non-hydrogen) atoms. The predicted octanol–water partition coefficient (Wildman–Crippen LogP) is 3.39. The number of hydrogen-bond donors (Lipinski definition) is 0. The molecule has 2 heteroatoms. The fourth-order valence-electron chi connectivity index (χ4n) is 1.23. The normalized spacial score (nSPS) is 9.60. The zero-order valence-corrected chi connectivity index (χ0v) is 9.64. The summed E-state index contributed by atoms with van der Waals surface area (Å²) in [6, 6.07) is 7.71. The third-order valence-corrected chi connectivity index (χ3v) is 2.88. The van der Waals surface area contributed by atoms with E-state index < -0.39 is 0 Å². The summed E-state index contributed by atoms with van der Waals surface area (Å²) in [7, 11) is 0. The average molecular weight is 218 g/mol. The fourth-order valence-corrected chi connectivity index (χ4v) is 1.90. The van der Waals surface area contributed by atoms with E-state index in [2.05, 4.69) is 12.8 Å². The molecule has 78 valence electrons. The third kappa shape index (κ3) is 3.81. The minimum atomic E-state index is 0.126. The lowest BCUT2D eigenvalue weighted by atomic mass is 10.1. The lowest BCUT2D eigenvalue weighted by Crippen LogP contribution is -1.97. The van der Waals surface area contributed by atoms with Crippen molar-refractivity contribution in [3.8, 4) is 12.3 Å². The van der Waals surface area contributed by atoms with Crippen LogP contribution in [0.25, 0.3) is 0 Å². The van der Waals surface area contributed by atoms with Gasteiger partial charge in [0, 0.05) is 23.3 Å². The fraction of sp³-hybridized carbons (Fsp3) is 0.308. The molecule has 1 rings (SSSR count). The number of carbonyl (C=O) groups is 1. The first-order chi connectivity index (χ1) is 7.27. The molecule has 0 amide bonds. The van der Waals surface area contributed by atoms with Crippen molar-refractivity contribution in [2.45, 2.75) is 24.7 Å². The Kier molecular flexibility index (Phi) is 5.00. The van der Waals surface area contributed by atoms with Crippen LogP contribution in [-0.4, -0.2) is 11.5 Å². The molecule has 1 aromatic rings. The van der Waals surface area contributed by atoms with Gasteiger partial charge in [0.2, 0.25) is 0 Å². The summed E-state index contributed by atoms with van der Waals surface area (Å²) in [4.78, 5) is 12.8. The van der Waals surface area contributed by atoms with Crippen molar-refractivity contribution in [1.29, 1.82) is 0 Å². The van der Waals surface area contributed by atoms with Crippen molar-refractivity contribution in [3.05, 3.63) is 29.8 Å². The molecule has 0 atom stereocenters. The van der Waals surface area contributed by atoms with Gasteiger partial charge in [-0.25, -0.2) is 0 Å². The maximum atomic E-state index is 11.6. The van der Waals surface area contributed by atoms with Gasteiger partial charge < -0.3 is 0 Å². The van der Waals surface area contributed by atoms with Crippen molar-refractivity contribution in [2.24, 2.45) is 0 Å². The highest BCUT2D eigenvalue weighted by atomic mass is 32.2.